The van der Waals surface area contributed by atoms with Crippen molar-refractivity contribution in [1.82, 2.24) is 0 Å². The number of ether oxygens (including phenoxy) is 1. The lowest BCUT2D eigenvalue weighted by Crippen LogP contribution is -2.49. The number of nitrogens with zero attached hydrogens (tertiary/aromatic N) is 2. The second kappa shape index (κ2) is 5.85. The third-order valence-corrected chi connectivity index (χ3v) is 5.44. The monoisotopic (exact) mass is 361 g/mol. The standard InChI is InChI=1S/C21H19N3O3/c1-3-8-24-15-7-5-4-6-13(15)21(20(24)26)14(11-22)19(23)27-17-10-12(2)9-16(25)18(17)21/h3-7,12H,1,8-10,23H2,2H3/t12-,21+/m1/s1. The average Bonchev–Trinajstić information content (AvgIpc) is 2.85. The van der Waals surface area contributed by atoms with Crippen LogP contribution in [0.1, 0.15) is 25.3 Å². The number of hydrogen-bond donors (Lipinski definition) is 1. The van der Waals surface area contributed by atoms with Gasteiger partial charge in [0.1, 0.15) is 22.8 Å². The number of para-hydroxylation sites is 1. The molecule has 0 unspecified atom stereocenters. The lowest BCUT2D eigenvalue weighted by Gasteiger charge is -2.38. The summed E-state index contributed by atoms with van der Waals surface area (Å²) < 4.78 is 5.68. The number of rotatable bonds is 2. The minimum Gasteiger partial charge on any atom is -0.444 e. The highest BCUT2D eigenvalue weighted by molar-refractivity contribution is 6.20. The highest BCUT2D eigenvalue weighted by Crippen LogP contribution is 2.55. The first-order chi connectivity index (χ1) is 13.0. The molecule has 2 heterocycles. The molecule has 3 aliphatic rings. The fourth-order valence-corrected chi connectivity index (χ4v) is 4.45. The average molecular weight is 361 g/mol. The van der Waals surface area contributed by atoms with Gasteiger partial charge in [0.05, 0.1) is 5.57 Å². The van der Waals surface area contributed by atoms with Crippen LogP contribution >= 0.6 is 0 Å². The van der Waals surface area contributed by atoms with Crippen LogP contribution in [-0.4, -0.2) is 18.2 Å². The molecule has 27 heavy (non-hydrogen) atoms. The molecule has 0 saturated carbocycles. The van der Waals surface area contributed by atoms with Crippen LogP contribution in [0.2, 0.25) is 0 Å². The first kappa shape index (κ1) is 17.1. The SMILES string of the molecule is C=CCN1C(=O)[C@]2(C(C#N)=C(N)OC3=C2C(=O)C[C@@H](C)C3)c2ccccc21. The molecular weight excluding hydrogens is 342 g/mol. The van der Waals surface area contributed by atoms with Crippen LogP contribution in [0.5, 0.6) is 0 Å². The van der Waals surface area contributed by atoms with Gasteiger partial charge in [0.25, 0.3) is 0 Å². The molecule has 2 atom stereocenters. The Balaban J connectivity index is 2.10. The Labute approximate surface area is 157 Å². The molecule has 2 N–H and O–H groups in total. The zero-order valence-corrected chi connectivity index (χ0v) is 15.0. The fourth-order valence-electron chi connectivity index (χ4n) is 4.45. The molecule has 6 heteroatoms. The van der Waals surface area contributed by atoms with Gasteiger partial charge in [0, 0.05) is 30.6 Å². The number of amides is 1. The Bertz CT molecular complexity index is 998. The number of nitriles is 1. The number of ketones is 1. The van der Waals surface area contributed by atoms with Crippen LogP contribution in [-0.2, 0) is 19.7 Å². The number of carbonyl (C=O) groups is 2. The molecule has 0 bridgehead atoms. The second-order valence-electron chi connectivity index (χ2n) is 7.16. The molecule has 136 valence electrons. The van der Waals surface area contributed by atoms with Crippen LogP contribution in [0.25, 0.3) is 0 Å². The maximum atomic E-state index is 13.7. The number of Topliss-reactive ketones (excluding diaryl/α,β-unsaturated/α-hetero) is 1. The van der Waals surface area contributed by atoms with Crippen molar-refractivity contribution in [2.45, 2.75) is 25.2 Å². The molecule has 0 radical (unpaired) electrons. The van der Waals surface area contributed by atoms with E-state index < -0.39 is 5.41 Å². The van der Waals surface area contributed by atoms with Gasteiger partial charge in [-0.25, -0.2) is 0 Å². The van der Waals surface area contributed by atoms with Gasteiger partial charge in [0.2, 0.25) is 11.8 Å². The van der Waals surface area contributed by atoms with Crippen molar-refractivity contribution < 1.29 is 14.3 Å². The van der Waals surface area contributed by atoms with Gasteiger partial charge >= 0.3 is 0 Å². The number of carbonyl (C=O) groups excluding carboxylic acids is 2. The summed E-state index contributed by atoms with van der Waals surface area (Å²) in [5.74, 6) is -0.157. The maximum absolute atomic E-state index is 13.7. The van der Waals surface area contributed by atoms with Crippen LogP contribution in [0, 0.1) is 17.2 Å². The summed E-state index contributed by atoms with van der Waals surface area (Å²) in [4.78, 5) is 28.4. The van der Waals surface area contributed by atoms with Crippen LogP contribution in [0.3, 0.4) is 0 Å². The number of hydrogen-bond acceptors (Lipinski definition) is 5. The van der Waals surface area contributed by atoms with E-state index in [0.29, 0.717) is 29.9 Å². The van der Waals surface area contributed by atoms with Crippen molar-refractivity contribution >= 4 is 17.4 Å². The summed E-state index contributed by atoms with van der Waals surface area (Å²) in [6.07, 6.45) is 2.42. The molecule has 0 saturated heterocycles. The van der Waals surface area contributed by atoms with Crippen LogP contribution in [0.15, 0.2) is 59.7 Å². The highest BCUT2D eigenvalue weighted by Gasteiger charge is 2.62. The van der Waals surface area contributed by atoms with Crippen molar-refractivity contribution in [1.29, 1.82) is 5.26 Å². The van der Waals surface area contributed by atoms with E-state index >= 15 is 0 Å². The molecule has 2 aliphatic heterocycles. The quantitative estimate of drug-likeness (QED) is 0.816. The normalized spacial score (nSPS) is 26.7. The van der Waals surface area contributed by atoms with Gasteiger partial charge in [-0.3, -0.25) is 9.59 Å². The number of anilines is 1. The van der Waals surface area contributed by atoms with Gasteiger partial charge in [0.15, 0.2) is 5.78 Å². The van der Waals surface area contributed by atoms with E-state index in [1.54, 1.807) is 23.1 Å². The van der Waals surface area contributed by atoms with Crippen LogP contribution < -0.4 is 10.6 Å². The predicted molar refractivity (Wildman–Crippen MR) is 99.0 cm³/mol. The van der Waals surface area contributed by atoms with E-state index in [4.69, 9.17) is 10.5 Å². The zero-order chi connectivity index (χ0) is 19.3. The molecular formula is C21H19N3O3. The molecule has 1 aliphatic carbocycles. The Morgan fingerprint density at radius 2 is 2.15 bits per heavy atom. The zero-order valence-electron chi connectivity index (χ0n) is 15.0. The number of fused-ring (bicyclic) bond motifs is 3. The fraction of sp³-hybridized carbons (Fsp3) is 0.286. The Morgan fingerprint density at radius 3 is 2.85 bits per heavy atom. The molecule has 6 nitrogen and oxygen atoms in total. The summed E-state index contributed by atoms with van der Waals surface area (Å²) in [7, 11) is 0. The second-order valence-corrected chi connectivity index (χ2v) is 7.16. The van der Waals surface area contributed by atoms with E-state index in [0.717, 1.165) is 0 Å². The lowest BCUT2D eigenvalue weighted by molar-refractivity contribution is -0.125. The topological polar surface area (TPSA) is 96.4 Å². The summed E-state index contributed by atoms with van der Waals surface area (Å²) in [6.45, 7) is 5.94. The summed E-state index contributed by atoms with van der Waals surface area (Å²) >= 11 is 0. The minimum atomic E-state index is -1.54. The van der Waals surface area contributed by atoms with E-state index in [1.807, 2.05) is 19.1 Å². The lowest BCUT2D eigenvalue weighted by atomic mass is 9.64. The summed E-state index contributed by atoms with van der Waals surface area (Å²) in [5.41, 5.74) is 6.03. The van der Waals surface area contributed by atoms with E-state index in [2.05, 4.69) is 12.6 Å². The maximum Gasteiger partial charge on any atom is 0.248 e. The van der Waals surface area contributed by atoms with Gasteiger partial charge in [-0.1, -0.05) is 31.2 Å². The van der Waals surface area contributed by atoms with E-state index in [9.17, 15) is 14.9 Å². The van der Waals surface area contributed by atoms with Crippen molar-refractivity contribution in [2.75, 3.05) is 11.4 Å². The molecule has 1 aromatic carbocycles. The summed E-state index contributed by atoms with van der Waals surface area (Å²) in [5, 5.41) is 9.88. The molecule has 4 rings (SSSR count). The van der Waals surface area contributed by atoms with Gasteiger partial charge < -0.3 is 15.4 Å². The third kappa shape index (κ3) is 2.05. The molecule has 1 amide bonds. The molecule has 1 spiro atoms. The third-order valence-electron chi connectivity index (χ3n) is 5.44. The number of benzene rings is 1. The minimum absolute atomic E-state index is 0.0202. The van der Waals surface area contributed by atoms with Gasteiger partial charge in [-0.2, -0.15) is 5.26 Å². The van der Waals surface area contributed by atoms with Gasteiger partial charge in [-0.05, 0) is 12.0 Å². The van der Waals surface area contributed by atoms with E-state index in [-0.39, 0.29) is 41.2 Å². The molecule has 1 aromatic rings. The first-order valence-corrected chi connectivity index (χ1v) is 8.84. The Morgan fingerprint density at radius 1 is 1.41 bits per heavy atom. The van der Waals surface area contributed by atoms with Crippen molar-refractivity contribution in [2.24, 2.45) is 11.7 Å². The largest absolute Gasteiger partial charge is 0.444 e. The number of allylic oxidation sites excluding steroid dienone is 1. The molecule has 0 aromatic heterocycles. The predicted octanol–water partition coefficient (Wildman–Crippen LogP) is 2.43. The first-order valence-electron chi connectivity index (χ1n) is 8.84. The van der Waals surface area contributed by atoms with Crippen LogP contribution in [0.4, 0.5) is 5.69 Å². The summed E-state index contributed by atoms with van der Waals surface area (Å²) in [6, 6.07) is 9.26. The smallest absolute Gasteiger partial charge is 0.248 e. The Hall–Kier alpha value is -3.33. The Kier molecular flexibility index (Phi) is 3.70. The van der Waals surface area contributed by atoms with Crippen molar-refractivity contribution in [3.63, 3.8) is 0 Å². The number of nitrogens with two attached hydrogens (primary N) is 1. The van der Waals surface area contributed by atoms with Crippen molar-refractivity contribution in [3.05, 3.63) is 65.3 Å². The van der Waals surface area contributed by atoms with Gasteiger partial charge in [-0.15, -0.1) is 6.58 Å². The van der Waals surface area contributed by atoms with Crippen molar-refractivity contribution in [3.8, 4) is 6.07 Å². The highest BCUT2D eigenvalue weighted by atomic mass is 16.5. The van der Waals surface area contributed by atoms with E-state index in [1.165, 1.54) is 0 Å². The molecule has 0 fully saturated rings.